The van der Waals surface area contributed by atoms with E-state index >= 15 is 0 Å². The van der Waals surface area contributed by atoms with Crippen LogP contribution in [0.1, 0.15) is 23.9 Å². The van der Waals surface area contributed by atoms with E-state index < -0.39 is 0 Å². The Morgan fingerprint density at radius 2 is 2.00 bits per heavy atom. The summed E-state index contributed by atoms with van der Waals surface area (Å²) in [4.78, 5) is 9.49. The van der Waals surface area contributed by atoms with Crippen LogP contribution < -0.4 is 5.32 Å². The SMILES string of the molecule is CCc1nc(-c2ccc(Br)cc2)nc2c1CNCC2. The summed E-state index contributed by atoms with van der Waals surface area (Å²) < 4.78 is 1.08. The molecule has 98 valence electrons. The number of rotatable bonds is 2. The molecule has 0 spiro atoms. The molecular formula is C15H16BrN3. The second-order valence-corrected chi connectivity index (χ2v) is 5.62. The average molecular weight is 318 g/mol. The van der Waals surface area contributed by atoms with Crippen LogP contribution in [-0.2, 0) is 19.4 Å². The highest BCUT2D eigenvalue weighted by atomic mass is 79.9. The van der Waals surface area contributed by atoms with Crippen LogP contribution in [0.25, 0.3) is 11.4 Å². The second-order valence-electron chi connectivity index (χ2n) is 4.71. The largest absolute Gasteiger partial charge is 0.312 e. The standard InChI is InChI=1S/C15H16BrN3/c1-2-13-12-9-17-8-7-14(12)19-15(18-13)10-3-5-11(16)6-4-10/h3-6,17H,2,7-9H2,1H3. The van der Waals surface area contributed by atoms with Gasteiger partial charge in [0.15, 0.2) is 5.82 Å². The Bertz CT molecular complexity index is 576. The molecule has 1 aliphatic heterocycles. The number of nitrogens with zero attached hydrogens (tertiary/aromatic N) is 2. The lowest BCUT2D eigenvalue weighted by Crippen LogP contribution is -2.26. The number of aromatic nitrogens is 2. The lowest BCUT2D eigenvalue weighted by molar-refractivity contribution is 0.618. The van der Waals surface area contributed by atoms with Crippen molar-refractivity contribution >= 4 is 15.9 Å². The number of halogens is 1. The molecule has 0 atom stereocenters. The summed E-state index contributed by atoms with van der Waals surface area (Å²) in [5, 5.41) is 3.40. The highest BCUT2D eigenvalue weighted by molar-refractivity contribution is 9.10. The normalized spacial score (nSPS) is 14.2. The zero-order chi connectivity index (χ0) is 13.2. The number of hydrogen-bond donors (Lipinski definition) is 1. The molecule has 3 rings (SSSR count). The van der Waals surface area contributed by atoms with Gasteiger partial charge in [0.05, 0.1) is 5.69 Å². The molecule has 0 aliphatic carbocycles. The highest BCUT2D eigenvalue weighted by Crippen LogP contribution is 2.23. The molecule has 2 aromatic rings. The minimum Gasteiger partial charge on any atom is -0.312 e. The second kappa shape index (κ2) is 5.39. The molecule has 19 heavy (non-hydrogen) atoms. The third-order valence-corrected chi connectivity index (χ3v) is 3.98. The molecule has 1 aromatic heterocycles. The van der Waals surface area contributed by atoms with Crippen LogP contribution in [0.2, 0.25) is 0 Å². The summed E-state index contributed by atoms with van der Waals surface area (Å²) in [7, 11) is 0. The van der Waals surface area contributed by atoms with Crippen molar-refractivity contribution in [3.8, 4) is 11.4 Å². The first-order chi connectivity index (χ1) is 9.28. The van der Waals surface area contributed by atoms with E-state index in [0.29, 0.717) is 0 Å². The first-order valence-corrected chi connectivity index (χ1v) is 7.42. The quantitative estimate of drug-likeness (QED) is 0.924. The van der Waals surface area contributed by atoms with E-state index in [4.69, 9.17) is 9.97 Å². The van der Waals surface area contributed by atoms with Crippen molar-refractivity contribution in [2.24, 2.45) is 0 Å². The Balaban J connectivity index is 2.09. The molecule has 2 heterocycles. The number of benzene rings is 1. The summed E-state index contributed by atoms with van der Waals surface area (Å²) in [6, 6.07) is 8.19. The van der Waals surface area contributed by atoms with Gasteiger partial charge in [-0.3, -0.25) is 0 Å². The third kappa shape index (κ3) is 2.55. The molecule has 0 radical (unpaired) electrons. The van der Waals surface area contributed by atoms with Crippen LogP contribution in [0.4, 0.5) is 0 Å². The number of hydrogen-bond acceptors (Lipinski definition) is 3. The zero-order valence-electron chi connectivity index (χ0n) is 10.9. The lowest BCUT2D eigenvalue weighted by atomic mass is 10.0. The molecule has 1 N–H and O–H groups in total. The van der Waals surface area contributed by atoms with E-state index in [1.165, 1.54) is 17.0 Å². The van der Waals surface area contributed by atoms with Gasteiger partial charge in [0.2, 0.25) is 0 Å². The maximum atomic E-state index is 4.76. The minimum absolute atomic E-state index is 0.852. The van der Waals surface area contributed by atoms with Crippen LogP contribution in [0, 0.1) is 0 Å². The molecule has 0 fully saturated rings. The van der Waals surface area contributed by atoms with Gasteiger partial charge in [-0.15, -0.1) is 0 Å². The first kappa shape index (κ1) is 12.8. The predicted octanol–water partition coefficient (Wildman–Crippen LogP) is 3.11. The number of fused-ring (bicyclic) bond motifs is 1. The van der Waals surface area contributed by atoms with Crippen LogP contribution in [-0.4, -0.2) is 16.5 Å². The van der Waals surface area contributed by atoms with Gasteiger partial charge in [-0.05, 0) is 18.6 Å². The minimum atomic E-state index is 0.852. The fourth-order valence-corrected chi connectivity index (χ4v) is 2.70. The van der Waals surface area contributed by atoms with Crippen LogP contribution in [0.15, 0.2) is 28.7 Å². The van der Waals surface area contributed by atoms with Gasteiger partial charge in [0, 0.05) is 40.8 Å². The molecule has 0 saturated carbocycles. The molecule has 1 aromatic carbocycles. The van der Waals surface area contributed by atoms with E-state index in [1.54, 1.807) is 0 Å². The Labute approximate surface area is 121 Å². The van der Waals surface area contributed by atoms with Gasteiger partial charge < -0.3 is 5.32 Å². The molecular weight excluding hydrogens is 302 g/mol. The molecule has 0 bridgehead atoms. The predicted molar refractivity (Wildman–Crippen MR) is 80.0 cm³/mol. The van der Waals surface area contributed by atoms with Crippen molar-refractivity contribution in [1.29, 1.82) is 0 Å². The van der Waals surface area contributed by atoms with E-state index in [-0.39, 0.29) is 0 Å². The Morgan fingerprint density at radius 3 is 2.74 bits per heavy atom. The van der Waals surface area contributed by atoms with Gasteiger partial charge in [-0.25, -0.2) is 9.97 Å². The maximum absolute atomic E-state index is 4.76. The van der Waals surface area contributed by atoms with Crippen molar-refractivity contribution in [2.45, 2.75) is 26.3 Å². The van der Waals surface area contributed by atoms with Gasteiger partial charge >= 0.3 is 0 Å². The van der Waals surface area contributed by atoms with Crippen molar-refractivity contribution in [1.82, 2.24) is 15.3 Å². The number of nitrogens with one attached hydrogen (secondary N) is 1. The van der Waals surface area contributed by atoms with Gasteiger partial charge in [0.25, 0.3) is 0 Å². The van der Waals surface area contributed by atoms with E-state index in [0.717, 1.165) is 41.8 Å². The van der Waals surface area contributed by atoms with Crippen molar-refractivity contribution in [3.05, 3.63) is 45.7 Å². The molecule has 0 saturated heterocycles. The fourth-order valence-electron chi connectivity index (χ4n) is 2.43. The molecule has 4 heteroatoms. The lowest BCUT2D eigenvalue weighted by Gasteiger charge is -2.19. The molecule has 0 unspecified atom stereocenters. The van der Waals surface area contributed by atoms with Gasteiger partial charge in [0.1, 0.15) is 0 Å². The smallest absolute Gasteiger partial charge is 0.159 e. The van der Waals surface area contributed by atoms with E-state index in [2.05, 4.69) is 40.3 Å². The van der Waals surface area contributed by atoms with Crippen LogP contribution in [0.5, 0.6) is 0 Å². The molecule has 1 aliphatic rings. The van der Waals surface area contributed by atoms with Crippen LogP contribution in [0.3, 0.4) is 0 Å². The van der Waals surface area contributed by atoms with Gasteiger partial charge in [-0.1, -0.05) is 35.0 Å². The zero-order valence-corrected chi connectivity index (χ0v) is 12.5. The Morgan fingerprint density at radius 1 is 1.21 bits per heavy atom. The van der Waals surface area contributed by atoms with Crippen molar-refractivity contribution in [2.75, 3.05) is 6.54 Å². The summed E-state index contributed by atoms with van der Waals surface area (Å²) in [6.45, 7) is 4.06. The highest BCUT2D eigenvalue weighted by Gasteiger charge is 2.16. The van der Waals surface area contributed by atoms with Crippen molar-refractivity contribution < 1.29 is 0 Å². The Kier molecular flexibility index (Phi) is 3.62. The average Bonchev–Trinajstić information content (AvgIpc) is 2.47. The van der Waals surface area contributed by atoms with Crippen molar-refractivity contribution in [3.63, 3.8) is 0 Å². The monoisotopic (exact) mass is 317 g/mol. The summed E-state index contributed by atoms with van der Waals surface area (Å²) >= 11 is 3.46. The molecule has 0 amide bonds. The summed E-state index contributed by atoms with van der Waals surface area (Å²) in [5.74, 6) is 0.852. The number of aryl methyl sites for hydroxylation is 1. The fraction of sp³-hybridized carbons (Fsp3) is 0.333. The van der Waals surface area contributed by atoms with Gasteiger partial charge in [-0.2, -0.15) is 0 Å². The van der Waals surface area contributed by atoms with Crippen LogP contribution >= 0.6 is 15.9 Å². The van der Waals surface area contributed by atoms with E-state index in [9.17, 15) is 0 Å². The third-order valence-electron chi connectivity index (χ3n) is 3.46. The topological polar surface area (TPSA) is 37.8 Å². The molecule has 3 nitrogen and oxygen atoms in total. The Hall–Kier alpha value is -1.26. The first-order valence-electron chi connectivity index (χ1n) is 6.63. The summed E-state index contributed by atoms with van der Waals surface area (Å²) in [5.41, 5.74) is 4.77. The summed E-state index contributed by atoms with van der Waals surface area (Å²) in [6.07, 6.45) is 1.95. The maximum Gasteiger partial charge on any atom is 0.159 e. The van der Waals surface area contributed by atoms with E-state index in [1.807, 2.05) is 12.1 Å².